The maximum absolute atomic E-state index is 14.5. The molecule has 3 nitrogen and oxygen atoms in total. The van der Waals surface area contributed by atoms with Gasteiger partial charge >= 0.3 is 18.0 Å². The molecule has 0 radical (unpaired) electrons. The summed E-state index contributed by atoms with van der Waals surface area (Å²) in [7, 11) is -0.924. The summed E-state index contributed by atoms with van der Waals surface area (Å²) in [5.41, 5.74) is -6.01. The van der Waals surface area contributed by atoms with Crippen LogP contribution in [0.25, 0.3) is 0 Å². The Morgan fingerprint density at radius 2 is 1.56 bits per heavy atom. The van der Waals surface area contributed by atoms with Crippen molar-refractivity contribution in [3.8, 4) is 0 Å². The van der Waals surface area contributed by atoms with Gasteiger partial charge in [-0.25, -0.2) is 4.39 Å². The van der Waals surface area contributed by atoms with Crippen molar-refractivity contribution in [2.45, 2.75) is 49.6 Å². The van der Waals surface area contributed by atoms with E-state index in [4.69, 9.17) is 0 Å². The first-order valence-electron chi connectivity index (χ1n) is 10.4. The summed E-state index contributed by atoms with van der Waals surface area (Å²) < 4.78 is 105. The second-order valence-electron chi connectivity index (χ2n) is 8.73. The summed E-state index contributed by atoms with van der Waals surface area (Å²) in [6, 6.07) is 2.45. The Hall–Kier alpha value is -1.65. The lowest BCUT2D eigenvalue weighted by Gasteiger charge is -2.36. The first-order chi connectivity index (χ1) is 14.8. The van der Waals surface area contributed by atoms with Crippen molar-refractivity contribution in [3.63, 3.8) is 0 Å². The molecular weight excluding hydrogens is 463 g/mol. The molecule has 2 fully saturated rings. The molecule has 0 aromatic heterocycles. The number of rotatable bonds is 2. The van der Waals surface area contributed by atoms with Gasteiger partial charge in [-0.2, -0.15) is 26.3 Å². The number of hydrogen-bond acceptors (Lipinski definition) is 2. The zero-order valence-corrected chi connectivity index (χ0v) is 17.8. The first kappa shape index (κ1) is 23.5. The van der Waals surface area contributed by atoms with Crippen molar-refractivity contribution in [3.05, 3.63) is 34.9 Å². The molecule has 3 atom stereocenters. The lowest BCUT2D eigenvalue weighted by molar-refractivity contribution is -0.348. The molecule has 1 amide bonds. The number of nitrogens with zero attached hydrogens (tertiary/aromatic N) is 1. The number of aryl methyl sites for hydroxylation is 1. The maximum atomic E-state index is 14.5. The largest absolute Gasteiger partial charge is 0.435 e. The third-order valence-electron chi connectivity index (χ3n) is 7.10. The monoisotopic (exact) mass is 485 g/mol. The van der Waals surface area contributed by atoms with Crippen molar-refractivity contribution in [1.82, 2.24) is 4.90 Å². The van der Waals surface area contributed by atoms with E-state index in [1.54, 1.807) is 4.90 Å². The molecule has 2 aliphatic carbocycles. The van der Waals surface area contributed by atoms with E-state index in [-0.39, 0.29) is 35.6 Å². The maximum Gasteiger partial charge on any atom is 0.435 e. The second-order valence-corrected chi connectivity index (χ2v) is 10.4. The quantitative estimate of drug-likeness (QED) is 0.574. The van der Waals surface area contributed by atoms with Gasteiger partial charge in [0.2, 0.25) is 5.91 Å². The standard InChI is InChI=1S/C21H22F7NO2S/c22-19(20(23,24)25,21(26,27)28)13-2-4-14-12(11-13)1-3-16-15(14)5-6-17(16)18(30)29-7-9-32(31)10-8-29/h2,4,11,15-17H,1,3,5-10H2/t15?,16?,17-/m1/s1. The number of halogens is 7. The topological polar surface area (TPSA) is 37.4 Å². The molecule has 32 heavy (non-hydrogen) atoms. The molecule has 0 spiro atoms. The van der Waals surface area contributed by atoms with Gasteiger partial charge in [0.25, 0.3) is 0 Å². The van der Waals surface area contributed by atoms with E-state index in [0.717, 1.165) is 0 Å². The van der Waals surface area contributed by atoms with Crippen LogP contribution in [0, 0.1) is 11.8 Å². The van der Waals surface area contributed by atoms with Crippen molar-refractivity contribution in [1.29, 1.82) is 0 Å². The van der Waals surface area contributed by atoms with E-state index in [1.165, 1.54) is 6.07 Å². The normalized spacial score (nSPS) is 27.2. The second kappa shape index (κ2) is 7.99. The highest BCUT2D eigenvalue weighted by molar-refractivity contribution is 7.85. The van der Waals surface area contributed by atoms with Crippen molar-refractivity contribution < 1.29 is 39.7 Å². The van der Waals surface area contributed by atoms with Gasteiger partial charge < -0.3 is 4.90 Å². The van der Waals surface area contributed by atoms with Crippen LogP contribution in [0.2, 0.25) is 0 Å². The molecule has 0 N–H and O–H groups in total. The molecule has 3 aliphatic rings. The van der Waals surface area contributed by atoms with Gasteiger partial charge in [0.15, 0.2) is 0 Å². The summed E-state index contributed by atoms with van der Waals surface area (Å²) in [6.07, 6.45) is -10.5. The molecular formula is C21H22F7NO2S. The fraction of sp³-hybridized carbons (Fsp3) is 0.667. The van der Waals surface area contributed by atoms with Crippen LogP contribution in [-0.4, -0.2) is 52.0 Å². The molecule has 0 bridgehead atoms. The van der Waals surface area contributed by atoms with E-state index in [0.29, 0.717) is 61.6 Å². The van der Waals surface area contributed by atoms with Crippen LogP contribution in [0.4, 0.5) is 30.7 Å². The molecule has 1 saturated carbocycles. The van der Waals surface area contributed by atoms with Crippen LogP contribution in [0.3, 0.4) is 0 Å². The minimum atomic E-state index is -6.14. The molecule has 4 rings (SSSR count). The van der Waals surface area contributed by atoms with Gasteiger partial charge in [0.1, 0.15) is 0 Å². The Labute approximate surface area is 182 Å². The molecule has 1 aliphatic heterocycles. The highest BCUT2D eigenvalue weighted by Gasteiger charge is 2.73. The average molecular weight is 485 g/mol. The lowest BCUT2D eigenvalue weighted by atomic mass is 9.73. The summed E-state index contributed by atoms with van der Waals surface area (Å²) in [5, 5.41) is 0. The number of hydrogen-bond donors (Lipinski definition) is 0. The average Bonchev–Trinajstić information content (AvgIpc) is 3.15. The summed E-state index contributed by atoms with van der Waals surface area (Å²) in [6.45, 7) is 0.847. The van der Waals surface area contributed by atoms with Crippen molar-refractivity contribution in [2.75, 3.05) is 24.6 Å². The Morgan fingerprint density at radius 3 is 2.16 bits per heavy atom. The van der Waals surface area contributed by atoms with E-state index < -0.39 is 34.4 Å². The highest BCUT2D eigenvalue weighted by Crippen LogP contribution is 2.55. The molecule has 11 heteroatoms. The minimum absolute atomic E-state index is 0.0220. The zero-order chi connectivity index (χ0) is 23.5. The van der Waals surface area contributed by atoms with Crippen molar-refractivity contribution in [2.24, 2.45) is 11.8 Å². The van der Waals surface area contributed by atoms with E-state index >= 15 is 0 Å². The first-order valence-corrected chi connectivity index (χ1v) is 11.9. The van der Waals surface area contributed by atoms with Gasteiger partial charge in [-0.1, -0.05) is 18.2 Å². The Kier molecular flexibility index (Phi) is 5.87. The predicted octanol–water partition coefficient (Wildman–Crippen LogP) is 4.62. The number of carbonyl (C=O) groups excluding carboxylic acids is 1. The van der Waals surface area contributed by atoms with Gasteiger partial charge in [0, 0.05) is 46.9 Å². The van der Waals surface area contributed by atoms with Crippen LogP contribution in [0.1, 0.15) is 41.9 Å². The Balaban J connectivity index is 1.59. The van der Waals surface area contributed by atoms with E-state index in [1.807, 2.05) is 0 Å². The fourth-order valence-corrected chi connectivity index (χ4v) is 6.52. The third kappa shape index (κ3) is 3.74. The number of carbonyl (C=O) groups is 1. The number of alkyl halides is 7. The molecule has 1 aromatic rings. The number of fused-ring (bicyclic) bond motifs is 3. The Bertz CT molecular complexity index is 906. The minimum Gasteiger partial charge on any atom is -0.341 e. The van der Waals surface area contributed by atoms with Crippen molar-refractivity contribution >= 4 is 16.7 Å². The van der Waals surface area contributed by atoms with Gasteiger partial charge in [-0.15, -0.1) is 0 Å². The van der Waals surface area contributed by atoms with Crippen LogP contribution < -0.4 is 0 Å². The molecule has 2 unspecified atom stereocenters. The SMILES string of the molecule is O=C([C@@H]1CCC2c3ccc(C(F)(C(F)(F)F)C(F)(F)F)cc3CCC21)N1CCS(=O)CC1. The van der Waals surface area contributed by atoms with Gasteiger partial charge in [0.05, 0.1) is 0 Å². The molecule has 1 saturated heterocycles. The summed E-state index contributed by atoms with van der Waals surface area (Å²) in [5.74, 6) is 0.347. The highest BCUT2D eigenvalue weighted by atomic mass is 32.2. The van der Waals surface area contributed by atoms with Gasteiger partial charge in [-0.3, -0.25) is 9.00 Å². The predicted molar refractivity (Wildman–Crippen MR) is 103 cm³/mol. The van der Waals surface area contributed by atoms with Crippen LogP contribution in [0.5, 0.6) is 0 Å². The zero-order valence-electron chi connectivity index (χ0n) is 16.9. The number of benzene rings is 1. The summed E-state index contributed by atoms with van der Waals surface area (Å²) in [4.78, 5) is 14.7. The van der Waals surface area contributed by atoms with E-state index in [9.17, 15) is 39.7 Å². The third-order valence-corrected chi connectivity index (χ3v) is 8.37. The van der Waals surface area contributed by atoms with E-state index in [2.05, 4.69) is 0 Å². The summed E-state index contributed by atoms with van der Waals surface area (Å²) >= 11 is 0. The number of amides is 1. The Morgan fingerprint density at radius 1 is 0.938 bits per heavy atom. The molecule has 178 valence electrons. The van der Waals surface area contributed by atoms with Crippen LogP contribution >= 0.6 is 0 Å². The molecule has 1 heterocycles. The van der Waals surface area contributed by atoms with Crippen LogP contribution in [-0.2, 0) is 27.7 Å². The smallest absolute Gasteiger partial charge is 0.341 e. The van der Waals surface area contributed by atoms with Gasteiger partial charge in [-0.05, 0) is 48.6 Å². The fourth-order valence-electron chi connectivity index (χ4n) is 5.46. The van der Waals surface area contributed by atoms with Crippen LogP contribution in [0.15, 0.2) is 18.2 Å². The lowest BCUT2D eigenvalue weighted by Crippen LogP contribution is -2.50. The molecule has 1 aromatic carbocycles.